The summed E-state index contributed by atoms with van der Waals surface area (Å²) >= 11 is -1.70. The van der Waals surface area contributed by atoms with Crippen molar-refractivity contribution in [3.8, 4) is 22.8 Å². The summed E-state index contributed by atoms with van der Waals surface area (Å²) in [4.78, 5) is 21.7. The Labute approximate surface area is 198 Å². The summed E-state index contributed by atoms with van der Waals surface area (Å²) in [6, 6.07) is 28.4. The van der Waals surface area contributed by atoms with Gasteiger partial charge in [-0.25, -0.2) is 0 Å². The van der Waals surface area contributed by atoms with E-state index < -0.39 is 24.2 Å². The van der Waals surface area contributed by atoms with Crippen LogP contribution in [-0.4, -0.2) is 21.6 Å². The van der Waals surface area contributed by atoms with E-state index in [1.165, 1.54) is 3.12 Å². The molecule has 0 unspecified atom stereocenters. The normalized spacial score (nSPS) is 10.8. The van der Waals surface area contributed by atoms with Crippen molar-refractivity contribution < 1.29 is 29.0 Å². The van der Waals surface area contributed by atoms with E-state index in [1.54, 1.807) is 11.7 Å². The van der Waals surface area contributed by atoms with E-state index in [1.807, 2.05) is 66.9 Å². The van der Waals surface area contributed by atoms with Crippen LogP contribution < -0.4 is 16.7 Å². The van der Waals surface area contributed by atoms with Gasteiger partial charge in [0.2, 0.25) is 0 Å². The molecular weight excluding hydrogens is 499 g/mol. The third-order valence-corrected chi connectivity index (χ3v) is 10.5. The summed E-state index contributed by atoms with van der Waals surface area (Å²) in [6.45, 7) is 0. The predicted octanol–water partition coefficient (Wildman–Crippen LogP) is 3.30. The van der Waals surface area contributed by atoms with Crippen molar-refractivity contribution in [3.63, 3.8) is 0 Å². The molecule has 1 N–H and O–H groups in total. The van der Waals surface area contributed by atoms with Crippen LogP contribution >= 0.6 is 0 Å². The van der Waals surface area contributed by atoms with Crippen molar-refractivity contribution in [2.75, 3.05) is 7.11 Å². The van der Waals surface area contributed by atoms with Crippen LogP contribution in [0.25, 0.3) is 17.1 Å². The standard InChI is InChI=1S/C19H14N3O.C7H7O.Cd/c23-19-16(11-14-7-3-1-4-8-14)21-18-12-20-17(13-22(18)19)15-9-5-2-6-10-15;1-8-7-5-3-2-4-6-7;/h1-10,13,20H,11H2;3-6H,1H3;. The second-order valence-corrected chi connectivity index (χ2v) is 13.1. The van der Waals surface area contributed by atoms with Crippen molar-refractivity contribution in [2.24, 2.45) is 0 Å². The SMILES string of the molecule is COc1cc[c]([Cd][c]2[nH]c(-c3ccccc3)cn3c(=O)c(Cc4ccccc4)nc2-3)cc1. The van der Waals surface area contributed by atoms with E-state index in [0.717, 1.165) is 31.6 Å². The Morgan fingerprint density at radius 2 is 1.62 bits per heavy atom. The molecule has 2 aliphatic rings. The van der Waals surface area contributed by atoms with Crippen molar-refractivity contribution >= 4 is 6.38 Å². The van der Waals surface area contributed by atoms with E-state index in [2.05, 4.69) is 29.2 Å². The fraction of sp³-hybridized carbons (Fsp3) is 0.0769. The van der Waals surface area contributed by atoms with Crippen LogP contribution in [0, 0.1) is 0 Å². The number of ether oxygens (including phenoxy) is 1. The van der Waals surface area contributed by atoms with Crippen LogP contribution in [0.5, 0.6) is 5.75 Å². The molecule has 0 bridgehead atoms. The zero-order valence-corrected chi connectivity index (χ0v) is 21.8. The van der Waals surface area contributed by atoms with E-state index >= 15 is 0 Å². The summed E-state index contributed by atoms with van der Waals surface area (Å²) in [5, 5.41) is 0. The number of hydrogen-bond donors (Lipinski definition) is 1. The van der Waals surface area contributed by atoms with Crippen LogP contribution in [0.4, 0.5) is 0 Å². The summed E-state index contributed by atoms with van der Waals surface area (Å²) in [5.41, 5.74) is 3.60. The summed E-state index contributed by atoms with van der Waals surface area (Å²) in [7, 11) is 1.67. The molecule has 0 spiro atoms. The second-order valence-electron chi connectivity index (χ2n) is 7.76. The molecule has 154 valence electrons. The molecule has 0 fully saturated rings. The van der Waals surface area contributed by atoms with Gasteiger partial charge >= 0.3 is 199 Å². The first-order valence-electron chi connectivity index (χ1n) is 10.6. The molecule has 3 aromatic rings. The fourth-order valence-electron chi connectivity index (χ4n) is 3.92. The number of fused-ring (bicyclic) bond motifs is 1. The minimum absolute atomic E-state index is 0.0442. The summed E-state index contributed by atoms with van der Waals surface area (Å²) in [5.74, 6) is 1.60. The molecule has 5 nitrogen and oxygen atoms in total. The number of H-pyrrole nitrogens is 1. The third-order valence-electron chi connectivity index (χ3n) is 5.59. The van der Waals surface area contributed by atoms with Gasteiger partial charge in [-0.3, -0.25) is 0 Å². The Morgan fingerprint density at radius 3 is 2.31 bits per heavy atom. The monoisotopic (exact) mass is 521 g/mol. The average molecular weight is 520 g/mol. The van der Waals surface area contributed by atoms with Crippen molar-refractivity contribution in [1.29, 1.82) is 0 Å². The molecule has 2 heterocycles. The van der Waals surface area contributed by atoms with Gasteiger partial charge in [-0.1, -0.05) is 0 Å². The number of aromatic nitrogens is 3. The number of methoxy groups -OCH3 is 1. The van der Waals surface area contributed by atoms with Gasteiger partial charge in [0, 0.05) is 0 Å². The topological polar surface area (TPSA) is 59.9 Å². The van der Waals surface area contributed by atoms with E-state index in [9.17, 15) is 4.79 Å². The first-order valence-corrected chi connectivity index (χ1v) is 14.6. The summed E-state index contributed by atoms with van der Waals surface area (Å²) in [6.07, 6.45) is 2.41. The average Bonchev–Trinajstić information content (AvgIpc) is 3.16. The summed E-state index contributed by atoms with van der Waals surface area (Å²) < 4.78 is 9.45. The number of hydrogen-bond acceptors (Lipinski definition) is 3. The first kappa shape index (κ1) is 20.7. The molecule has 0 saturated carbocycles. The number of benzene rings is 3. The van der Waals surface area contributed by atoms with Crippen molar-refractivity contribution in [2.45, 2.75) is 6.42 Å². The molecule has 3 aromatic carbocycles. The van der Waals surface area contributed by atoms with Crippen LogP contribution in [0.2, 0.25) is 0 Å². The Kier molecular flexibility index (Phi) is 5.90. The Morgan fingerprint density at radius 1 is 0.938 bits per heavy atom. The predicted molar refractivity (Wildman–Crippen MR) is 122 cm³/mol. The maximum absolute atomic E-state index is 13.3. The molecule has 32 heavy (non-hydrogen) atoms. The van der Waals surface area contributed by atoms with Gasteiger partial charge in [-0.05, 0) is 0 Å². The number of imidazole rings is 1. The fourth-order valence-corrected chi connectivity index (χ4v) is 8.39. The van der Waals surface area contributed by atoms with Gasteiger partial charge in [0.15, 0.2) is 0 Å². The van der Waals surface area contributed by atoms with Gasteiger partial charge in [0.25, 0.3) is 0 Å². The van der Waals surface area contributed by atoms with E-state index in [0.29, 0.717) is 12.1 Å². The number of nitrogens with zero attached hydrogens (tertiary/aromatic N) is 2. The second kappa shape index (κ2) is 9.12. The molecule has 0 radical (unpaired) electrons. The van der Waals surface area contributed by atoms with Gasteiger partial charge in [0.05, 0.1) is 0 Å². The van der Waals surface area contributed by atoms with Crippen LogP contribution in [0.15, 0.2) is 95.9 Å². The molecule has 2 aliphatic heterocycles. The molecule has 0 atom stereocenters. The maximum atomic E-state index is 13.3. The van der Waals surface area contributed by atoms with Gasteiger partial charge in [-0.15, -0.1) is 0 Å². The molecule has 0 aromatic heterocycles. The van der Waals surface area contributed by atoms with Crippen LogP contribution in [0.3, 0.4) is 0 Å². The Bertz CT molecular complexity index is 1360. The molecule has 0 amide bonds. The number of rotatable bonds is 6. The minimum atomic E-state index is -1.70. The van der Waals surface area contributed by atoms with Crippen LogP contribution in [-0.2, 0) is 30.7 Å². The first-order chi connectivity index (χ1) is 15.7. The van der Waals surface area contributed by atoms with Crippen molar-refractivity contribution in [3.05, 3.63) is 113 Å². The van der Waals surface area contributed by atoms with Gasteiger partial charge < -0.3 is 0 Å². The molecular formula is C26H21CdN3O2. The molecule has 0 aliphatic carbocycles. The van der Waals surface area contributed by atoms with Crippen molar-refractivity contribution in [1.82, 2.24) is 14.5 Å². The van der Waals surface area contributed by atoms with Gasteiger partial charge in [-0.2, -0.15) is 0 Å². The third kappa shape index (κ3) is 4.25. The Balaban J connectivity index is 1.62. The molecule has 5 rings (SSSR count). The quantitative estimate of drug-likeness (QED) is 0.350. The van der Waals surface area contributed by atoms with E-state index in [4.69, 9.17) is 9.72 Å². The zero-order valence-electron chi connectivity index (χ0n) is 17.8. The number of nitrogens with one attached hydrogen (secondary N) is 1. The number of aromatic amines is 1. The van der Waals surface area contributed by atoms with Gasteiger partial charge in [0.1, 0.15) is 0 Å². The zero-order chi connectivity index (χ0) is 21.9. The van der Waals surface area contributed by atoms with Crippen LogP contribution in [0.1, 0.15) is 11.3 Å². The Hall–Kier alpha value is -3.20. The molecule has 6 heteroatoms. The van der Waals surface area contributed by atoms with E-state index in [-0.39, 0.29) is 5.56 Å². The molecule has 0 saturated heterocycles.